The van der Waals surface area contributed by atoms with Crippen molar-refractivity contribution in [1.29, 1.82) is 0 Å². The number of thioether (sulfide) groups is 1. The van der Waals surface area contributed by atoms with E-state index in [9.17, 15) is 4.79 Å². The first-order chi connectivity index (χ1) is 13.2. The lowest BCUT2D eigenvalue weighted by molar-refractivity contribution is 0.354. The predicted octanol–water partition coefficient (Wildman–Crippen LogP) is 3.93. The largest absolute Gasteiger partial charge is 0.493 e. The maximum atomic E-state index is 13.2. The highest BCUT2D eigenvalue weighted by Gasteiger charge is 2.23. The zero-order valence-corrected chi connectivity index (χ0v) is 17.3. The Hall–Kier alpha value is -1.99. The van der Waals surface area contributed by atoms with Crippen LogP contribution in [0.15, 0.2) is 28.2 Å². The molecule has 1 aliphatic rings. The topological polar surface area (TPSA) is 53.4 Å². The second kappa shape index (κ2) is 7.56. The van der Waals surface area contributed by atoms with E-state index in [0.29, 0.717) is 18.0 Å². The molecule has 0 N–H and O–H groups in total. The maximum absolute atomic E-state index is 13.2. The van der Waals surface area contributed by atoms with E-state index in [1.165, 1.54) is 22.2 Å². The van der Waals surface area contributed by atoms with Gasteiger partial charge >= 0.3 is 0 Å². The van der Waals surface area contributed by atoms with Crippen LogP contribution in [-0.4, -0.2) is 30.0 Å². The van der Waals surface area contributed by atoms with E-state index in [2.05, 4.69) is 0 Å². The van der Waals surface area contributed by atoms with Gasteiger partial charge in [-0.2, -0.15) is 0 Å². The van der Waals surface area contributed by atoms with Gasteiger partial charge in [-0.1, -0.05) is 17.8 Å². The summed E-state index contributed by atoms with van der Waals surface area (Å²) < 4.78 is 12.5. The molecular formula is C20H22N2O3S2. The number of hydrogen-bond acceptors (Lipinski definition) is 6. The van der Waals surface area contributed by atoms with Crippen LogP contribution in [0.1, 0.15) is 22.4 Å². The Morgan fingerprint density at radius 1 is 1.22 bits per heavy atom. The van der Waals surface area contributed by atoms with Crippen molar-refractivity contribution in [3.05, 3.63) is 44.6 Å². The SMILES string of the molecule is COc1ccc(CCn2c(SC)nc3sc4c(c3c2=O)CCC4)cc1OC. The van der Waals surface area contributed by atoms with Gasteiger partial charge in [0.2, 0.25) is 0 Å². The summed E-state index contributed by atoms with van der Waals surface area (Å²) in [6.45, 7) is 0.595. The summed E-state index contributed by atoms with van der Waals surface area (Å²) in [4.78, 5) is 20.3. The Balaban J connectivity index is 1.69. The van der Waals surface area contributed by atoms with Crippen molar-refractivity contribution in [3.8, 4) is 11.5 Å². The molecule has 2 aromatic heterocycles. The highest BCUT2D eigenvalue weighted by atomic mass is 32.2. The Kier molecular flexibility index (Phi) is 5.14. The van der Waals surface area contributed by atoms with Gasteiger partial charge in [-0.05, 0) is 55.2 Å². The van der Waals surface area contributed by atoms with Crippen LogP contribution in [0.25, 0.3) is 10.2 Å². The van der Waals surface area contributed by atoms with Gasteiger partial charge in [0.1, 0.15) is 4.83 Å². The van der Waals surface area contributed by atoms with Crippen LogP contribution in [0, 0.1) is 0 Å². The lowest BCUT2D eigenvalue weighted by Crippen LogP contribution is -2.24. The number of fused-ring (bicyclic) bond motifs is 3. The zero-order chi connectivity index (χ0) is 19.0. The van der Waals surface area contributed by atoms with Gasteiger partial charge in [-0.3, -0.25) is 9.36 Å². The number of ether oxygens (including phenoxy) is 2. The minimum atomic E-state index is 0.101. The first kappa shape index (κ1) is 18.4. The monoisotopic (exact) mass is 402 g/mol. The number of methoxy groups -OCH3 is 2. The summed E-state index contributed by atoms with van der Waals surface area (Å²) in [6, 6.07) is 5.88. The average molecular weight is 403 g/mol. The molecule has 1 aromatic carbocycles. The molecule has 0 spiro atoms. The molecule has 0 saturated heterocycles. The molecule has 5 nitrogen and oxygen atoms in total. The molecule has 0 aliphatic heterocycles. The average Bonchev–Trinajstić information content (AvgIpc) is 3.27. The molecule has 1 aliphatic carbocycles. The predicted molar refractivity (Wildman–Crippen MR) is 111 cm³/mol. The number of nitrogens with zero attached hydrogens (tertiary/aromatic N) is 2. The molecule has 142 valence electrons. The molecule has 0 saturated carbocycles. The normalized spacial score (nSPS) is 13.1. The molecule has 3 aromatic rings. The first-order valence-corrected chi connectivity index (χ1v) is 11.0. The molecule has 0 unspecified atom stereocenters. The molecule has 2 heterocycles. The summed E-state index contributed by atoms with van der Waals surface area (Å²) in [6.07, 6.45) is 5.93. The van der Waals surface area contributed by atoms with Crippen LogP contribution in [-0.2, 0) is 25.8 Å². The second-order valence-electron chi connectivity index (χ2n) is 6.53. The highest BCUT2D eigenvalue weighted by molar-refractivity contribution is 7.98. The quantitative estimate of drug-likeness (QED) is 0.462. The van der Waals surface area contributed by atoms with Crippen LogP contribution >= 0.6 is 23.1 Å². The Morgan fingerprint density at radius 2 is 2.04 bits per heavy atom. The van der Waals surface area contributed by atoms with E-state index >= 15 is 0 Å². The van der Waals surface area contributed by atoms with Crippen molar-refractivity contribution in [2.24, 2.45) is 0 Å². The maximum Gasteiger partial charge on any atom is 0.263 e. The van der Waals surface area contributed by atoms with Crippen molar-refractivity contribution >= 4 is 33.3 Å². The molecule has 7 heteroatoms. The van der Waals surface area contributed by atoms with Crippen LogP contribution in [0.5, 0.6) is 11.5 Å². The summed E-state index contributed by atoms with van der Waals surface area (Å²) in [5.74, 6) is 1.41. The van der Waals surface area contributed by atoms with Gasteiger partial charge in [0.25, 0.3) is 5.56 Å². The fraction of sp³-hybridized carbons (Fsp3) is 0.400. The van der Waals surface area contributed by atoms with E-state index in [-0.39, 0.29) is 5.56 Å². The number of benzene rings is 1. The van der Waals surface area contributed by atoms with Gasteiger partial charge < -0.3 is 9.47 Å². The van der Waals surface area contributed by atoms with E-state index in [0.717, 1.165) is 46.6 Å². The third kappa shape index (κ3) is 3.23. The Bertz CT molecular complexity index is 1060. The summed E-state index contributed by atoms with van der Waals surface area (Å²) >= 11 is 3.22. The molecular weight excluding hydrogens is 380 g/mol. The number of rotatable bonds is 6. The number of aromatic nitrogens is 2. The van der Waals surface area contributed by atoms with Crippen molar-refractivity contribution in [3.63, 3.8) is 0 Å². The molecule has 27 heavy (non-hydrogen) atoms. The second-order valence-corrected chi connectivity index (χ2v) is 8.39. The van der Waals surface area contributed by atoms with E-state index < -0.39 is 0 Å². The van der Waals surface area contributed by atoms with Crippen LogP contribution in [0.4, 0.5) is 0 Å². The molecule has 4 rings (SSSR count). The lowest BCUT2D eigenvalue weighted by Gasteiger charge is -2.13. The Morgan fingerprint density at radius 3 is 2.78 bits per heavy atom. The summed E-state index contributed by atoms with van der Waals surface area (Å²) in [5, 5.41) is 1.63. The smallest absolute Gasteiger partial charge is 0.263 e. The van der Waals surface area contributed by atoms with Crippen molar-refractivity contribution in [1.82, 2.24) is 9.55 Å². The van der Waals surface area contributed by atoms with E-state index in [1.54, 1.807) is 25.6 Å². The molecule has 0 bridgehead atoms. The zero-order valence-electron chi connectivity index (χ0n) is 15.7. The summed E-state index contributed by atoms with van der Waals surface area (Å²) in [5.41, 5.74) is 2.44. The van der Waals surface area contributed by atoms with Crippen LogP contribution in [0.2, 0.25) is 0 Å². The minimum Gasteiger partial charge on any atom is -0.493 e. The third-order valence-corrected chi connectivity index (χ3v) is 6.91. The number of aryl methyl sites for hydroxylation is 3. The van der Waals surface area contributed by atoms with Gasteiger partial charge in [-0.15, -0.1) is 11.3 Å². The minimum absolute atomic E-state index is 0.101. The fourth-order valence-corrected chi connectivity index (χ4v) is 5.58. The highest BCUT2D eigenvalue weighted by Crippen LogP contribution is 2.35. The molecule has 0 fully saturated rings. The van der Waals surface area contributed by atoms with E-state index in [1.807, 2.05) is 29.0 Å². The van der Waals surface area contributed by atoms with E-state index in [4.69, 9.17) is 14.5 Å². The first-order valence-electron chi connectivity index (χ1n) is 8.96. The molecule has 0 atom stereocenters. The van der Waals surface area contributed by atoms with Gasteiger partial charge in [0, 0.05) is 11.4 Å². The number of thiophene rings is 1. The lowest BCUT2D eigenvalue weighted by atomic mass is 10.1. The van der Waals surface area contributed by atoms with Gasteiger partial charge in [-0.25, -0.2) is 4.98 Å². The fourth-order valence-electron chi connectivity index (χ4n) is 3.69. The third-order valence-electron chi connectivity index (χ3n) is 5.04. The van der Waals surface area contributed by atoms with Crippen molar-refractivity contribution in [2.75, 3.05) is 20.5 Å². The summed E-state index contributed by atoms with van der Waals surface area (Å²) in [7, 11) is 3.26. The van der Waals surface area contributed by atoms with Crippen molar-refractivity contribution in [2.45, 2.75) is 37.4 Å². The van der Waals surface area contributed by atoms with Gasteiger partial charge in [0.05, 0.1) is 19.6 Å². The van der Waals surface area contributed by atoms with Crippen molar-refractivity contribution < 1.29 is 9.47 Å². The number of hydrogen-bond donors (Lipinski definition) is 0. The standard InChI is InChI=1S/C20H22N2O3S2/c1-24-14-8-7-12(11-15(14)25-2)9-10-22-19(23)17-13-5-4-6-16(13)27-18(17)21-20(22)26-3/h7-8,11H,4-6,9-10H2,1-3H3. The van der Waals surface area contributed by atoms with Crippen LogP contribution in [0.3, 0.4) is 0 Å². The molecule has 0 amide bonds. The Labute approximate surface area is 166 Å². The van der Waals surface area contributed by atoms with Gasteiger partial charge in [0.15, 0.2) is 16.7 Å². The van der Waals surface area contributed by atoms with Crippen LogP contribution < -0.4 is 15.0 Å². The molecule has 0 radical (unpaired) electrons.